The Bertz CT molecular complexity index is 1190. The Morgan fingerprint density at radius 1 is 1.18 bits per heavy atom. The van der Waals surface area contributed by atoms with Crippen LogP contribution >= 0.6 is 0 Å². The first-order chi connectivity index (χ1) is 19.0. The van der Waals surface area contributed by atoms with Crippen molar-refractivity contribution in [3.05, 3.63) is 107 Å². The molecule has 40 heavy (non-hydrogen) atoms. The number of nitrogens with one attached hydrogen (secondary N) is 2. The largest absolute Gasteiger partial charge is 0.514 e. The average molecular weight is 554 g/mol. The highest BCUT2D eigenvalue weighted by atomic mass is 19.1. The highest BCUT2D eigenvalue weighted by Crippen LogP contribution is 2.26. The molecule has 0 aliphatic carbocycles. The van der Waals surface area contributed by atoms with Crippen molar-refractivity contribution < 1.29 is 13.9 Å². The number of allylic oxidation sites excluding steroid dienone is 9. The molecule has 1 rings (SSSR count). The van der Waals surface area contributed by atoms with E-state index in [1.165, 1.54) is 19.1 Å². The maximum atomic E-state index is 13.6. The molecule has 1 heterocycles. The molecule has 0 saturated carbocycles. The van der Waals surface area contributed by atoms with Crippen molar-refractivity contribution in [2.45, 2.75) is 73.9 Å². The number of nitrogens with zero attached hydrogens (tertiary/aromatic N) is 3. The van der Waals surface area contributed by atoms with Crippen molar-refractivity contribution in [2.75, 3.05) is 6.54 Å². The Labute approximate surface area is 239 Å². The number of hydrogen-bond acceptors (Lipinski definition) is 6. The molecule has 0 saturated heterocycles. The second-order valence-electron chi connectivity index (χ2n) is 9.62. The molecule has 1 aliphatic rings. The molecule has 0 aromatic heterocycles. The van der Waals surface area contributed by atoms with Gasteiger partial charge in [-0.25, -0.2) is 13.8 Å². The van der Waals surface area contributed by atoms with Gasteiger partial charge in [-0.1, -0.05) is 44.2 Å². The van der Waals surface area contributed by atoms with E-state index in [1.807, 2.05) is 40.7 Å². The molecule has 6 nitrogen and oxygen atoms in total. The van der Waals surface area contributed by atoms with E-state index in [0.29, 0.717) is 42.1 Å². The van der Waals surface area contributed by atoms with Gasteiger partial charge in [0, 0.05) is 23.8 Å². The molecule has 0 spiro atoms. The molecule has 218 valence electrons. The minimum absolute atomic E-state index is 0.187. The Morgan fingerprint density at radius 2 is 1.88 bits per heavy atom. The SMILES string of the molecule is C=C/C(C)=C(/C=C(/C)CC)NC1=NC(N/C(C)=C/N=C\C(=C)C)/C(=C\O)N1CC(/C=C/F)=C(/CC)C/C=C(\C)F. The zero-order chi connectivity index (χ0) is 30.2. The summed E-state index contributed by atoms with van der Waals surface area (Å²) in [6.45, 7) is 21.0. The van der Waals surface area contributed by atoms with Gasteiger partial charge >= 0.3 is 0 Å². The Balaban J connectivity index is 3.68. The number of guanidine groups is 1. The fourth-order valence-electron chi connectivity index (χ4n) is 3.69. The van der Waals surface area contributed by atoms with Gasteiger partial charge in [-0.2, -0.15) is 0 Å². The first-order valence-corrected chi connectivity index (χ1v) is 13.4. The number of aliphatic hydroxyl groups excluding tert-OH is 1. The third-order valence-corrected chi connectivity index (χ3v) is 6.19. The summed E-state index contributed by atoms with van der Waals surface area (Å²) in [6, 6.07) is 0. The zero-order valence-corrected chi connectivity index (χ0v) is 25.0. The Morgan fingerprint density at radius 3 is 2.40 bits per heavy atom. The van der Waals surface area contributed by atoms with Crippen LogP contribution in [0.15, 0.2) is 117 Å². The van der Waals surface area contributed by atoms with Crippen LogP contribution in [-0.4, -0.2) is 34.9 Å². The van der Waals surface area contributed by atoms with E-state index in [2.05, 4.69) is 35.7 Å². The summed E-state index contributed by atoms with van der Waals surface area (Å²) in [4.78, 5) is 10.9. The highest BCUT2D eigenvalue weighted by molar-refractivity contribution is 5.87. The summed E-state index contributed by atoms with van der Waals surface area (Å²) in [5.74, 6) is 0.147. The van der Waals surface area contributed by atoms with Gasteiger partial charge in [-0.15, -0.1) is 0 Å². The van der Waals surface area contributed by atoms with Crippen molar-refractivity contribution in [1.82, 2.24) is 15.5 Å². The average Bonchev–Trinajstić information content (AvgIpc) is 3.22. The summed E-state index contributed by atoms with van der Waals surface area (Å²) in [5.41, 5.74) is 6.35. The van der Waals surface area contributed by atoms with Crippen LogP contribution in [0.5, 0.6) is 0 Å². The van der Waals surface area contributed by atoms with Crippen molar-refractivity contribution >= 4 is 12.2 Å². The molecule has 0 bridgehead atoms. The van der Waals surface area contributed by atoms with Gasteiger partial charge in [0.05, 0.1) is 18.7 Å². The van der Waals surface area contributed by atoms with Crippen LogP contribution in [-0.2, 0) is 0 Å². The number of rotatable bonds is 14. The van der Waals surface area contributed by atoms with Crippen LogP contribution < -0.4 is 10.6 Å². The lowest BCUT2D eigenvalue weighted by Gasteiger charge is -2.26. The van der Waals surface area contributed by atoms with Crippen molar-refractivity contribution in [3.63, 3.8) is 0 Å². The van der Waals surface area contributed by atoms with Crippen molar-refractivity contribution in [1.29, 1.82) is 0 Å². The summed E-state index contributed by atoms with van der Waals surface area (Å²) >= 11 is 0. The van der Waals surface area contributed by atoms with Crippen LogP contribution in [0.1, 0.15) is 67.7 Å². The fraction of sp³-hybridized carbons (Fsp3) is 0.375. The summed E-state index contributed by atoms with van der Waals surface area (Å²) < 4.78 is 27.1. The van der Waals surface area contributed by atoms with Gasteiger partial charge in [-0.3, -0.25) is 4.99 Å². The first kappa shape index (κ1) is 34.1. The standard InChI is InChI=1S/C32H45F2N5O/c1-10-23(6)17-29(24(7)11-2)37-32-38-31(36-26(9)19-35-18-22(4)5)30(21-40)39(32)20-28(15-16-33)27(12-3)14-13-25(8)34/h11,13,15-19,21,31,36,40H,2,4,10,12,14,20H2,1,3,5-9H3,(H,37,38)/b16-15+,23-17-,25-13+,26-19+,28-27-,29-24-,30-21+,35-18-. The predicted octanol–water partition coefficient (Wildman–Crippen LogP) is 8.34. The lowest BCUT2D eigenvalue weighted by atomic mass is 10.0. The lowest BCUT2D eigenvalue weighted by molar-refractivity contribution is 0.419. The van der Waals surface area contributed by atoms with Gasteiger partial charge in [0.2, 0.25) is 5.96 Å². The van der Waals surface area contributed by atoms with Gasteiger partial charge in [0.15, 0.2) is 6.17 Å². The van der Waals surface area contributed by atoms with Crippen LogP contribution in [0.4, 0.5) is 8.78 Å². The molecular weight excluding hydrogens is 508 g/mol. The molecular formula is C32H45F2N5O. The molecule has 0 aromatic carbocycles. The smallest absolute Gasteiger partial charge is 0.205 e. The van der Waals surface area contributed by atoms with Gasteiger partial charge in [-0.05, 0) is 88.8 Å². The third-order valence-electron chi connectivity index (χ3n) is 6.19. The van der Waals surface area contributed by atoms with Gasteiger partial charge in [0.1, 0.15) is 12.0 Å². The van der Waals surface area contributed by atoms with Gasteiger partial charge < -0.3 is 20.6 Å². The van der Waals surface area contributed by atoms with Crippen LogP contribution in [0, 0.1) is 0 Å². The molecule has 0 aromatic rings. The molecule has 0 fully saturated rings. The lowest BCUT2D eigenvalue weighted by Crippen LogP contribution is -2.39. The van der Waals surface area contributed by atoms with E-state index >= 15 is 0 Å². The van der Waals surface area contributed by atoms with E-state index in [4.69, 9.17) is 4.99 Å². The zero-order valence-electron chi connectivity index (χ0n) is 25.0. The van der Waals surface area contributed by atoms with E-state index in [1.54, 1.807) is 23.4 Å². The molecule has 1 atom stereocenters. The molecule has 8 heteroatoms. The van der Waals surface area contributed by atoms with Crippen LogP contribution in [0.2, 0.25) is 0 Å². The number of aliphatic hydroxyl groups is 1. The molecule has 1 unspecified atom stereocenters. The van der Waals surface area contributed by atoms with E-state index in [-0.39, 0.29) is 12.4 Å². The van der Waals surface area contributed by atoms with Crippen molar-refractivity contribution in [3.8, 4) is 0 Å². The summed E-state index contributed by atoms with van der Waals surface area (Å²) in [7, 11) is 0. The summed E-state index contributed by atoms with van der Waals surface area (Å²) in [6.07, 6.45) is 12.5. The monoisotopic (exact) mass is 553 g/mol. The second-order valence-corrected chi connectivity index (χ2v) is 9.62. The summed E-state index contributed by atoms with van der Waals surface area (Å²) in [5, 5.41) is 17.0. The Hall–Kier alpha value is -3.94. The predicted molar refractivity (Wildman–Crippen MR) is 166 cm³/mol. The molecule has 0 amide bonds. The second kappa shape index (κ2) is 17.6. The quantitative estimate of drug-likeness (QED) is 0.115. The Kier molecular flexibility index (Phi) is 15.0. The van der Waals surface area contributed by atoms with Crippen molar-refractivity contribution in [2.24, 2.45) is 9.98 Å². The van der Waals surface area contributed by atoms with E-state index in [0.717, 1.165) is 40.7 Å². The first-order valence-electron chi connectivity index (χ1n) is 13.4. The number of hydrogen-bond donors (Lipinski definition) is 3. The van der Waals surface area contributed by atoms with Crippen LogP contribution in [0.25, 0.3) is 0 Å². The fourth-order valence-corrected chi connectivity index (χ4v) is 3.69. The number of aliphatic imine (C=N–C) groups is 2. The maximum absolute atomic E-state index is 13.6. The van der Waals surface area contributed by atoms with E-state index in [9.17, 15) is 13.9 Å². The molecule has 3 N–H and O–H groups in total. The minimum atomic E-state index is -0.654. The minimum Gasteiger partial charge on any atom is -0.514 e. The highest BCUT2D eigenvalue weighted by Gasteiger charge is 2.32. The molecule has 0 radical (unpaired) electrons. The topological polar surface area (TPSA) is 72.2 Å². The number of halogens is 2. The van der Waals surface area contributed by atoms with Crippen LogP contribution in [0.3, 0.4) is 0 Å². The molecule has 1 aliphatic heterocycles. The normalized spacial score (nSPS) is 19.3. The van der Waals surface area contributed by atoms with Gasteiger partial charge in [0.25, 0.3) is 0 Å². The third kappa shape index (κ3) is 11.0. The van der Waals surface area contributed by atoms with E-state index < -0.39 is 6.17 Å². The maximum Gasteiger partial charge on any atom is 0.205 e.